The third kappa shape index (κ3) is 1.81. The molecular weight excluding hydrogens is 166 g/mol. The minimum atomic E-state index is 0.702. The van der Waals surface area contributed by atoms with E-state index in [0.29, 0.717) is 6.42 Å². The molecule has 3 N–H and O–H groups in total. The minimum Gasteiger partial charge on any atom is -0.399 e. The van der Waals surface area contributed by atoms with E-state index < -0.39 is 0 Å². The van der Waals surface area contributed by atoms with Crippen LogP contribution >= 0.6 is 0 Å². The Labute approximate surface area is 75.0 Å². The Morgan fingerprint density at radius 1 is 1.23 bits per heavy atom. The summed E-state index contributed by atoms with van der Waals surface area (Å²) in [6, 6.07) is 7.63. The van der Waals surface area contributed by atoms with Crippen LogP contribution in [0.15, 0.2) is 24.3 Å². The fraction of sp³-hybridized carbons (Fsp3) is 0.125. The molecule has 0 saturated heterocycles. The molecule has 0 fully saturated rings. The first kappa shape index (κ1) is 7.72. The molecule has 0 bridgehead atoms. The van der Waals surface area contributed by atoms with Gasteiger partial charge in [-0.25, -0.2) is 5.10 Å². The van der Waals surface area contributed by atoms with Gasteiger partial charge in [-0.15, -0.1) is 5.10 Å². The molecule has 5 heteroatoms. The summed E-state index contributed by atoms with van der Waals surface area (Å²) in [4.78, 5) is 0. The second-order valence-corrected chi connectivity index (χ2v) is 2.77. The average Bonchev–Trinajstić information content (AvgIpc) is 2.62. The van der Waals surface area contributed by atoms with E-state index in [2.05, 4.69) is 20.6 Å². The summed E-state index contributed by atoms with van der Waals surface area (Å²) in [5, 5.41) is 13.5. The Bertz CT molecular complexity index is 364. The maximum Gasteiger partial charge on any atom is 0.152 e. The van der Waals surface area contributed by atoms with Gasteiger partial charge in [-0.2, -0.15) is 0 Å². The van der Waals surface area contributed by atoms with E-state index in [1.165, 1.54) is 0 Å². The molecule has 0 atom stereocenters. The second kappa shape index (κ2) is 3.22. The summed E-state index contributed by atoms with van der Waals surface area (Å²) < 4.78 is 0. The zero-order valence-corrected chi connectivity index (χ0v) is 6.94. The molecule has 0 unspecified atom stereocenters. The van der Waals surface area contributed by atoms with E-state index in [-0.39, 0.29) is 0 Å². The molecular formula is C8H9N5. The van der Waals surface area contributed by atoms with Gasteiger partial charge in [0.25, 0.3) is 0 Å². The number of anilines is 1. The van der Waals surface area contributed by atoms with Gasteiger partial charge in [0.1, 0.15) is 0 Å². The van der Waals surface area contributed by atoms with E-state index in [1.54, 1.807) is 0 Å². The summed E-state index contributed by atoms with van der Waals surface area (Å²) in [6.45, 7) is 0. The van der Waals surface area contributed by atoms with Crippen molar-refractivity contribution in [3.05, 3.63) is 35.7 Å². The molecule has 0 saturated carbocycles. The van der Waals surface area contributed by atoms with Crippen molar-refractivity contribution < 1.29 is 0 Å². The van der Waals surface area contributed by atoms with E-state index in [0.717, 1.165) is 17.1 Å². The normalized spacial score (nSPS) is 10.2. The van der Waals surface area contributed by atoms with Gasteiger partial charge in [0.15, 0.2) is 5.82 Å². The summed E-state index contributed by atoms with van der Waals surface area (Å²) >= 11 is 0. The number of tetrazole rings is 1. The van der Waals surface area contributed by atoms with E-state index in [4.69, 9.17) is 5.73 Å². The first-order valence-corrected chi connectivity index (χ1v) is 3.91. The molecule has 13 heavy (non-hydrogen) atoms. The van der Waals surface area contributed by atoms with E-state index in [9.17, 15) is 0 Å². The topological polar surface area (TPSA) is 80.5 Å². The van der Waals surface area contributed by atoms with Crippen LogP contribution in [0.5, 0.6) is 0 Å². The van der Waals surface area contributed by atoms with Crippen LogP contribution in [0.3, 0.4) is 0 Å². The maximum atomic E-state index is 5.55. The van der Waals surface area contributed by atoms with E-state index in [1.807, 2.05) is 24.3 Å². The lowest BCUT2D eigenvalue weighted by molar-refractivity contribution is 0.881. The third-order valence-corrected chi connectivity index (χ3v) is 1.74. The summed E-state index contributed by atoms with van der Waals surface area (Å²) in [5.74, 6) is 0.754. The summed E-state index contributed by atoms with van der Waals surface area (Å²) in [7, 11) is 0. The number of nitrogens with zero attached hydrogens (tertiary/aromatic N) is 3. The molecule has 2 aromatic rings. The predicted octanol–water partition coefficient (Wildman–Crippen LogP) is 0.373. The Kier molecular flexibility index (Phi) is 1.91. The number of rotatable bonds is 2. The summed E-state index contributed by atoms with van der Waals surface area (Å²) in [6.07, 6.45) is 0.702. The van der Waals surface area contributed by atoms with Crippen LogP contribution in [0.4, 0.5) is 5.69 Å². The molecule has 0 aliphatic rings. The number of nitrogens with two attached hydrogens (primary N) is 1. The number of H-pyrrole nitrogens is 1. The second-order valence-electron chi connectivity index (χ2n) is 2.77. The van der Waals surface area contributed by atoms with Gasteiger partial charge in [0.2, 0.25) is 0 Å². The van der Waals surface area contributed by atoms with Crippen LogP contribution < -0.4 is 5.73 Å². The van der Waals surface area contributed by atoms with Gasteiger partial charge in [-0.3, -0.25) is 0 Å². The maximum absolute atomic E-state index is 5.55. The van der Waals surface area contributed by atoms with Gasteiger partial charge in [-0.1, -0.05) is 12.1 Å². The molecule has 0 radical (unpaired) electrons. The van der Waals surface area contributed by atoms with Crippen molar-refractivity contribution in [2.75, 3.05) is 5.73 Å². The first-order valence-electron chi connectivity index (χ1n) is 3.91. The van der Waals surface area contributed by atoms with Crippen LogP contribution in [0.1, 0.15) is 11.4 Å². The number of hydrogen-bond donors (Lipinski definition) is 2. The van der Waals surface area contributed by atoms with Crippen LogP contribution in [0.2, 0.25) is 0 Å². The van der Waals surface area contributed by atoms with Crippen molar-refractivity contribution in [3.63, 3.8) is 0 Å². The highest BCUT2D eigenvalue weighted by Gasteiger charge is 1.98. The summed E-state index contributed by atoms with van der Waals surface area (Å²) in [5.41, 5.74) is 7.45. The molecule has 1 heterocycles. The van der Waals surface area contributed by atoms with Gasteiger partial charge in [-0.05, 0) is 28.1 Å². The SMILES string of the molecule is Nc1ccc(Cc2nnn[nH]2)cc1. The lowest BCUT2D eigenvalue weighted by Gasteiger charge is -1.97. The Morgan fingerprint density at radius 3 is 2.62 bits per heavy atom. The molecule has 0 amide bonds. The zero-order chi connectivity index (χ0) is 9.10. The van der Waals surface area contributed by atoms with Crippen LogP contribution in [-0.2, 0) is 6.42 Å². The number of benzene rings is 1. The van der Waals surface area contributed by atoms with Crippen molar-refractivity contribution in [3.8, 4) is 0 Å². The smallest absolute Gasteiger partial charge is 0.152 e. The standard InChI is InChI=1S/C8H9N5/c9-7-3-1-6(2-4-7)5-8-10-12-13-11-8/h1-4H,5,9H2,(H,10,11,12,13). The van der Waals surface area contributed by atoms with Crippen molar-refractivity contribution >= 4 is 5.69 Å². The third-order valence-electron chi connectivity index (χ3n) is 1.74. The number of aromatic amines is 1. The van der Waals surface area contributed by atoms with Crippen LogP contribution in [0, 0.1) is 0 Å². The Morgan fingerprint density at radius 2 is 2.00 bits per heavy atom. The van der Waals surface area contributed by atoms with Crippen molar-refractivity contribution in [2.24, 2.45) is 0 Å². The lowest BCUT2D eigenvalue weighted by atomic mass is 10.1. The van der Waals surface area contributed by atoms with Gasteiger partial charge in [0, 0.05) is 12.1 Å². The first-order chi connectivity index (χ1) is 6.34. The minimum absolute atomic E-state index is 0.702. The molecule has 5 nitrogen and oxygen atoms in total. The largest absolute Gasteiger partial charge is 0.399 e. The predicted molar refractivity (Wildman–Crippen MR) is 47.8 cm³/mol. The Balaban J connectivity index is 2.15. The quantitative estimate of drug-likeness (QED) is 0.646. The van der Waals surface area contributed by atoms with Crippen LogP contribution in [0.25, 0.3) is 0 Å². The molecule has 1 aromatic heterocycles. The highest BCUT2D eigenvalue weighted by atomic mass is 15.5. The number of nitrogen functional groups attached to an aromatic ring is 1. The highest BCUT2D eigenvalue weighted by Crippen LogP contribution is 2.07. The van der Waals surface area contributed by atoms with Gasteiger partial charge in [0.05, 0.1) is 0 Å². The van der Waals surface area contributed by atoms with Crippen molar-refractivity contribution in [1.29, 1.82) is 0 Å². The zero-order valence-electron chi connectivity index (χ0n) is 6.94. The average molecular weight is 175 g/mol. The fourth-order valence-corrected chi connectivity index (χ4v) is 1.08. The molecule has 0 aliphatic heterocycles. The van der Waals surface area contributed by atoms with Crippen molar-refractivity contribution in [2.45, 2.75) is 6.42 Å². The molecule has 0 spiro atoms. The fourth-order valence-electron chi connectivity index (χ4n) is 1.08. The lowest BCUT2D eigenvalue weighted by Crippen LogP contribution is -1.91. The monoisotopic (exact) mass is 175 g/mol. The van der Waals surface area contributed by atoms with E-state index >= 15 is 0 Å². The highest BCUT2D eigenvalue weighted by molar-refractivity contribution is 5.39. The molecule has 2 rings (SSSR count). The number of aromatic nitrogens is 4. The van der Waals surface area contributed by atoms with Gasteiger partial charge >= 0.3 is 0 Å². The Hall–Kier alpha value is -1.91. The number of hydrogen-bond acceptors (Lipinski definition) is 4. The van der Waals surface area contributed by atoms with Gasteiger partial charge < -0.3 is 5.73 Å². The van der Waals surface area contributed by atoms with Crippen molar-refractivity contribution in [1.82, 2.24) is 20.6 Å². The molecule has 66 valence electrons. The van der Waals surface area contributed by atoms with Crippen LogP contribution in [-0.4, -0.2) is 20.6 Å². The number of nitrogens with one attached hydrogen (secondary N) is 1. The molecule has 0 aliphatic carbocycles. The molecule has 1 aromatic carbocycles.